The van der Waals surface area contributed by atoms with Crippen LogP contribution < -0.4 is 10.6 Å². The summed E-state index contributed by atoms with van der Waals surface area (Å²) in [6.07, 6.45) is 5.38. The highest BCUT2D eigenvalue weighted by Crippen LogP contribution is 2.15. The second-order valence-corrected chi connectivity index (χ2v) is 5.64. The van der Waals surface area contributed by atoms with E-state index in [2.05, 4.69) is 15.6 Å². The van der Waals surface area contributed by atoms with Gasteiger partial charge in [0.05, 0.1) is 6.33 Å². The number of nitrogens with zero attached hydrogens (tertiary/aromatic N) is 2. The van der Waals surface area contributed by atoms with Crippen molar-refractivity contribution in [2.45, 2.75) is 13.5 Å². The first-order valence-electron chi connectivity index (χ1n) is 7.84. The van der Waals surface area contributed by atoms with Crippen molar-refractivity contribution in [1.29, 1.82) is 0 Å². The smallest absolute Gasteiger partial charge is 0.255 e. The predicted octanol–water partition coefficient (Wildman–Crippen LogP) is 3.14. The van der Waals surface area contributed by atoms with Gasteiger partial charge in [0.1, 0.15) is 0 Å². The highest BCUT2D eigenvalue weighted by molar-refractivity contribution is 6.04. The molecule has 1 aromatic heterocycles. The minimum absolute atomic E-state index is 0.132. The molecule has 0 fully saturated rings. The zero-order valence-corrected chi connectivity index (χ0v) is 13.8. The number of aromatic nitrogens is 2. The second kappa shape index (κ2) is 7.44. The topological polar surface area (TPSA) is 76.0 Å². The summed E-state index contributed by atoms with van der Waals surface area (Å²) >= 11 is 0. The third-order valence-corrected chi connectivity index (χ3v) is 3.60. The van der Waals surface area contributed by atoms with Crippen molar-refractivity contribution in [3.63, 3.8) is 0 Å². The van der Waals surface area contributed by atoms with E-state index in [1.165, 1.54) is 6.92 Å². The molecule has 2 aromatic carbocycles. The average molecular weight is 334 g/mol. The Morgan fingerprint density at radius 3 is 2.16 bits per heavy atom. The van der Waals surface area contributed by atoms with Crippen molar-refractivity contribution in [2.24, 2.45) is 0 Å². The number of hydrogen-bond donors (Lipinski definition) is 2. The van der Waals surface area contributed by atoms with E-state index < -0.39 is 0 Å². The number of rotatable bonds is 5. The van der Waals surface area contributed by atoms with E-state index in [1.807, 2.05) is 22.9 Å². The van der Waals surface area contributed by atoms with Gasteiger partial charge < -0.3 is 15.2 Å². The lowest BCUT2D eigenvalue weighted by Crippen LogP contribution is -2.12. The Bertz CT molecular complexity index is 853. The largest absolute Gasteiger partial charge is 0.333 e. The number of hydrogen-bond acceptors (Lipinski definition) is 3. The molecular formula is C19H18N4O2. The maximum absolute atomic E-state index is 12.3. The number of benzene rings is 2. The Morgan fingerprint density at radius 2 is 1.60 bits per heavy atom. The molecule has 0 unspecified atom stereocenters. The normalized spacial score (nSPS) is 10.3. The van der Waals surface area contributed by atoms with Gasteiger partial charge in [0, 0.05) is 42.8 Å². The molecule has 126 valence electrons. The van der Waals surface area contributed by atoms with Crippen LogP contribution in [0.2, 0.25) is 0 Å². The Morgan fingerprint density at radius 1 is 0.960 bits per heavy atom. The van der Waals surface area contributed by atoms with Gasteiger partial charge in [-0.2, -0.15) is 0 Å². The molecule has 2 N–H and O–H groups in total. The van der Waals surface area contributed by atoms with E-state index in [0.29, 0.717) is 23.5 Å². The van der Waals surface area contributed by atoms with Gasteiger partial charge in [-0.15, -0.1) is 0 Å². The number of amides is 2. The molecule has 0 bridgehead atoms. The Hall–Kier alpha value is -3.41. The van der Waals surface area contributed by atoms with Crippen LogP contribution in [-0.2, 0) is 11.3 Å². The summed E-state index contributed by atoms with van der Waals surface area (Å²) in [5.74, 6) is -0.311. The fourth-order valence-electron chi connectivity index (χ4n) is 2.40. The molecule has 3 rings (SSSR count). The highest BCUT2D eigenvalue weighted by Gasteiger charge is 2.06. The Balaban J connectivity index is 1.61. The third-order valence-electron chi connectivity index (χ3n) is 3.60. The molecule has 2 amide bonds. The molecular weight excluding hydrogens is 316 g/mol. The zero-order chi connectivity index (χ0) is 17.6. The van der Waals surface area contributed by atoms with Gasteiger partial charge in [-0.1, -0.05) is 12.1 Å². The molecule has 6 nitrogen and oxygen atoms in total. The van der Waals surface area contributed by atoms with Gasteiger partial charge in [-0.25, -0.2) is 4.98 Å². The molecule has 0 spiro atoms. The zero-order valence-electron chi connectivity index (χ0n) is 13.8. The van der Waals surface area contributed by atoms with E-state index >= 15 is 0 Å². The number of imidazole rings is 1. The van der Waals surface area contributed by atoms with Crippen LogP contribution in [0.15, 0.2) is 67.3 Å². The first-order valence-corrected chi connectivity index (χ1v) is 7.84. The standard InChI is InChI=1S/C19H18N4O2/c1-14(24)21-17-6-8-18(9-7-17)22-19(25)16-4-2-15(3-5-16)12-23-11-10-20-13-23/h2-11,13H,12H2,1H3,(H,21,24)(H,22,25). The molecule has 6 heteroatoms. The first kappa shape index (κ1) is 16.4. The average Bonchev–Trinajstić information content (AvgIpc) is 3.10. The molecule has 1 heterocycles. The van der Waals surface area contributed by atoms with Crippen LogP contribution in [0.25, 0.3) is 0 Å². The summed E-state index contributed by atoms with van der Waals surface area (Å²) in [5.41, 5.74) is 3.03. The van der Waals surface area contributed by atoms with Crippen molar-refractivity contribution in [3.05, 3.63) is 78.4 Å². The van der Waals surface area contributed by atoms with Crippen molar-refractivity contribution in [1.82, 2.24) is 9.55 Å². The number of carbonyl (C=O) groups is 2. The summed E-state index contributed by atoms with van der Waals surface area (Å²) in [6, 6.07) is 14.4. The van der Waals surface area contributed by atoms with Crippen molar-refractivity contribution >= 4 is 23.2 Å². The van der Waals surface area contributed by atoms with Crippen LogP contribution in [0.4, 0.5) is 11.4 Å². The number of anilines is 2. The van der Waals surface area contributed by atoms with E-state index in [4.69, 9.17) is 0 Å². The molecule has 0 atom stereocenters. The van der Waals surface area contributed by atoms with Crippen molar-refractivity contribution < 1.29 is 9.59 Å². The summed E-state index contributed by atoms with van der Waals surface area (Å²) in [7, 11) is 0. The van der Waals surface area contributed by atoms with Gasteiger partial charge in [0.2, 0.25) is 5.91 Å². The molecule has 3 aromatic rings. The highest BCUT2D eigenvalue weighted by atomic mass is 16.2. The molecule has 0 saturated heterocycles. The fraction of sp³-hybridized carbons (Fsp3) is 0.105. The van der Waals surface area contributed by atoms with Gasteiger partial charge in [0.25, 0.3) is 5.91 Å². The quantitative estimate of drug-likeness (QED) is 0.752. The van der Waals surface area contributed by atoms with Crippen molar-refractivity contribution in [2.75, 3.05) is 10.6 Å². The molecule has 25 heavy (non-hydrogen) atoms. The van der Waals surface area contributed by atoms with Crippen LogP contribution in [0.3, 0.4) is 0 Å². The van der Waals surface area contributed by atoms with Gasteiger partial charge in [-0.05, 0) is 42.0 Å². The van der Waals surface area contributed by atoms with Crippen LogP contribution >= 0.6 is 0 Å². The molecule has 0 saturated carbocycles. The maximum atomic E-state index is 12.3. The monoisotopic (exact) mass is 334 g/mol. The maximum Gasteiger partial charge on any atom is 0.255 e. The van der Waals surface area contributed by atoms with Crippen LogP contribution in [0.5, 0.6) is 0 Å². The summed E-state index contributed by atoms with van der Waals surface area (Å²) in [6.45, 7) is 2.17. The third kappa shape index (κ3) is 4.54. The summed E-state index contributed by atoms with van der Waals surface area (Å²) < 4.78 is 1.96. The first-order chi connectivity index (χ1) is 12.1. The minimum Gasteiger partial charge on any atom is -0.333 e. The Labute approximate surface area is 145 Å². The minimum atomic E-state index is -0.179. The van der Waals surface area contributed by atoms with Crippen molar-refractivity contribution in [3.8, 4) is 0 Å². The lowest BCUT2D eigenvalue weighted by Gasteiger charge is -2.08. The molecule has 0 aliphatic rings. The van der Waals surface area contributed by atoms with Gasteiger partial charge in [-0.3, -0.25) is 9.59 Å². The predicted molar refractivity (Wildman–Crippen MR) is 96.5 cm³/mol. The fourth-order valence-corrected chi connectivity index (χ4v) is 2.40. The second-order valence-electron chi connectivity index (χ2n) is 5.64. The van der Waals surface area contributed by atoms with Crippen LogP contribution in [0, 0.1) is 0 Å². The number of carbonyl (C=O) groups excluding carboxylic acids is 2. The van der Waals surface area contributed by atoms with Crippen LogP contribution in [0.1, 0.15) is 22.8 Å². The van der Waals surface area contributed by atoms with Gasteiger partial charge in [0.15, 0.2) is 0 Å². The van der Waals surface area contributed by atoms with Crippen LogP contribution in [-0.4, -0.2) is 21.4 Å². The summed E-state index contributed by atoms with van der Waals surface area (Å²) in [5, 5.41) is 5.52. The lowest BCUT2D eigenvalue weighted by atomic mass is 10.1. The van der Waals surface area contributed by atoms with Gasteiger partial charge >= 0.3 is 0 Å². The summed E-state index contributed by atoms with van der Waals surface area (Å²) in [4.78, 5) is 27.3. The Kier molecular flexibility index (Phi) is 4.89. The molecule has 0 radical (unpaired) electrons. The SMILES string of the molecule is CC(=O)Nc1ccc(NC(=O)c2ccc(Cn3ccnc3)cc2)cc1. The number of nitrogens with one attached hydrogen (secondary N) is 2. The van der Waals surface area contributed by atoms with E-state index in [9.17, 15) is 9.59 Å². The van der Waals surface area contributed by atoms with E-state index in [0.717, 1.165) is 5.56 Å². The molecule has 0 aliphatic carbocycles. The van der Waals surface area contributed by atoms with E-state index in [-0.39, 0.29) is 11.8 Å². The van der Waals surface area contributed by atoms with E-state index in [1.54, 1.807) is 48.9 Å². The molecule has 0 aliphatic heterocycles. The lowest BCUT2D eigenvalue weighted by molar-refractivity contribution is -0.114.